The predicted octanol–water partition coefficient (Wildman–Crippen LogP) is 3.92. The van der Waals surface area contributed by atoms with E-state index in [0.29, 0.717) is 22.7 Å². The van der Waals surface area contributed by atoms with E-state index in [2.05, 4.69) is 20.1 Å². The summed E-state index contributed by atoms with van der Waals surface area (Å²) in [6.45, 7) is 1.80. The summed E-state index contributed by atoms with van der Waals surface area (Å²) >= 11 is 0. The van der Waals surface area contributed by atoms with E-state index in [9.17, 15) is 4.39 Å². The molecule has 8 heteroatoms. The number of aryl methyl sites for hydroxylation is 1. The van der Waals surface area contributed by atoms with Gasteiger partial charge in [0.15, 0.2) is 5.65 Å². The molecule has 3 aromatic heterocycles. The number of benzene rings is 1. The van der Waals surface area contributed by atoms with Crippen molar-refractivity contribution in [2.75, 3.05) is 14.2 Å². The van der Waals surface area contributed by atoms with Gasteiger partial charge in [-0.25, -0.2) is 18.9 Å². The van der Waals surface area contributed by atoms with Gasteiger partial charge in [0.2, 0.25) is 5.88 Å². The first-order chi connectivity index (χ1) is 14.6. The van der Waals surface area contributed by atoms with Crippen LogP contribution in [0.25, 0.3) is 16.9 Å². The normalized spacial score (nSPS) is 17.9. The number of rotatable bonds is 5. The zero-order valence-corrected chi connectivity index (χ0v) is 16.8. The molecular formula is C22H20FN5O2. The molecule has 2 atom stereocenters. The molecule has 1 aliphatic carbocycles. The Morgan fingerprint density at radius 2 is 1.93 bits per heavy atom. The molecular weight excluding hydrogens is 385 g/mol. The van der Waals surface area contributed by atoms with E-state index in [1.54, 1.807) is 43.2 Å². The third kappa shape index (κ3) is 2.96. The van der Waals surface area contributed by atoms with Crippen LogP contribution >= 0.6 is 0 Å². The molecule has 0 N–H and O–H groups in total. The Morgan fingerprint density at radius 3 is 2.73 bits per heavy atom. The zero-order chi connectivity index (χ0) is 20.8. The Bertz CT molecular complexity index is 1260. The number of nitrogens with zero attached hydrogens (tertiary/aromatic N) is 5. The number of hydrogen-bond donors (Lipinski definition) is 0. The van der Waals surface area contributed by atoms with Crippen molar-refractivity contribution in [3.05, 3.63) is 65.4 Å². The topological polar surface area (TPSA) is 74.4 Å². The number of fused-ring (bicyclic) bond motifs is 1. The van der Waals surface area contributed by atoms with Crippen LogP contribution in [-0.4, -0.2) is 38.8 Å². The molecule has 5 rings (SSSR count). The second-order valence-electron chi connectivity index (χ2n) is 7.39. The van der Waals surface area contributed by atoms with Crippen LogP contribution < -0.4 is 9.47 Å². The summed E-state index contributed by atoms with van der Waals surface area (Å²) in [7, 11) is 3.04. The lowest BCUT2D eigenvalue weighted by Crippen LogP contribution is -2.03. The molecule has 1 aromatic carbocycles. The minimum atomic E-state index is -0.121. The van der Waals surface area contributed by atoms with Gasteiger partial charge in [0, 0.05) is 24.2 Å². The van der Waals surface area contributed by atoms with Crippen molar-refractivity contribution in [2.24, 2.45) is 0 Å². The Hall–Kier alpha value is -3.55. The van der Waals surface area contributed by atoms with Crippen molar-refractivity contribution >= 4 is 5.65 Å². The van der Waals surface area contributed by atoms with E-state index in [-0.39, 0.29) is 23.7 Å². The van der Waals surface area contributed by atoms with Crippen LogP contribution in [-0.2, 0) is 0 Å². The second-order valence-corrected chi connectivity index (χ2v) is 7.39. The first-order valence-corrected chi connectivity index (χ1v) is 9.65. The van der Waals surface area contributed by atoms with Gasteiger partial charge in [-0.3, -0.25) is 0 Å². The summed E-state index contributed by atoms with van der Waals surface area (Å²) in [4.78, 5) is 12.9. The molecule has 3 heterocycles. The number of ether oxygens (including phenoxy) is 2. The van der Waals surface area contributed by atoms with Crippen LogP contribution in [0.4, 0.5) is 4.39 Å². The predicted molar refractivity (Wildman–Crippen MR) is 108 cm³/mol. The molecule has 1 saturated carbocycles. The van der Waals surface area contributed by atoms with Gasteiger partial charge in [-0.1, -0.05) is 18.2 Å². The van der Waals surface area contributed by atoms with Crippen LogP contribution in [0.15, 0.2) is 42.9 Å². The molecule has 152 valence electrons. The molecule has 7 nitrogen and oxygen atoms in total. The highest BCUT2D eigenvalue weighted by molar-refractivity contribution is 5.68. The van der Waals surface area contributed by atoms with Crippen molar-refractivity contribution in [2.45, 2.75) is 25.2 Å². The van der Waals surface area contributed by atoms with Crippen LogP contribution in [0.3, 0.4) is 0 Å². The van der Waals surface area contributed by atoms with Gasteiger partial charge in [-0.15, -0.1) is 0 Å². The first-order valence-electron chi connectivity index (χ1n) is 9.65. The van der Waals surface area contributed by atoms with Crippen molar-refractivity contribution in [3.63, 3.8) is 0 Å². The number of aromatic nitrogens is 5. The van der Waals surface area contributed by atoms with E-state index in [4.69, 9.17) is 9.47 Å². The number of imidazole rings is 1. The molecule has 1 aliphatic rings. The fraction of sp³-hybridized carbons (Fsp3) is 0.273. The lowest BCUT2D eigenvalue weighted by molar-refractivity contribution is 0.353. The lowest BCUT2D eigenvalue weighted by Gasteiger charge is -2.11. The third-order valence-electron chi connectivity index (χ3n) is 5.58. The zero-order valence-electron chi connectivity index (χ0n) is 16.8. The molecule has 0 radical (unpaired) electrons. The van der Waals surface area contributed by atoms with Gasteiger partial charge in [0.25, 0.3) is 0 Å². The Balaban J connectivity index is 1.60. The Labute approximate surface area is 172 Å². The van der Waals surface area contributed by atoms with Gasteiger partial charge in [-0.05, 0) is 42.4 Å². The molecule has 0 spiro atoms. The summed E-state index contributed by atoms with van der Waals surface area (Å²) in [5.74, 6) is 0.536. The third-order valence-corrected chi connectivity index (χ3v) is 5.58. The SMILES string of the molecule is COc1ncc(-c2cc([C@H]3C[C@@H]3c3cccc(C)c3F)c3nccn3n2)c(OC)n1. The van der Waals surface area contributed by atoms with Gasteiger partial charge >= 0.3 is 6.01 Å². The number of hydrogen-bond acceptors (Lipinski definition) is 6. The summed E-state index contributed by atoms with van der Waals surface area (Å²) in [5.41, 5.74) is 4.52. The smallest absolute Gasteiger partial charge is 0.319 e. The summed E-state index contributed by atoms with van der Waals surface area (Å²) in [6, 6.07) is 7.78. The van der Waals surface area contributed by atoms with E-state index in [1.165, 1.54) is 7.11 Å². The summed E-state index contributed by atoms with van der Waals surface area (Å²) in [5, 5.41) is 4.65. The van der Waals surface area contributed by atoms with Crippen LogP contribution in [0.5, 0.6) is 11.9 Å². The second kappa shape index (κ2) is 7.05. The van der Waals surface area contributed by atoms with E-state index in [1.807, 2.05) is 18.2 Å². The molecule has 30 heavy (non-hydrogen) atoms. The summed E-state index contributed by atoms with van der Waals surface area (Å²) in [6.07, 6.45) is 6.00. The van der Waals surface area contributed by atoms with Crippen LogP contribution in [0, 0.1) is 12.7 Å². The highest BCUT2D eigenvalue weighted by Crippen LogP contribution is 2.56. The first kappa shape index (κ1) is 18.5. The van der Waals surface area contributed by atoms with Crippen molar-refractivity contribution < 1.29 is 13.9 Å². The maximum absolute atomic E-state index is 14.7. The number of methoxy groups -OCH3 is 2. The quantitative estimate of drug-likeness (QED) is 0.501. The van der Waals surface area contributed by atoms with Crippen LogP contribution in [0.1, 0.15) is 34.9 Å². The van der Waals surface area contributed by atoms with Crippen molar-refractivity contribution in [1.82, 2.24) is 24.6 Å². The minimum absolute atomic E-state index is 0.120. The minimum Gasteiger partial charge on any atom is -0.480 e. The van der Waals surface area contributed by atoms with E-state index < -0.39 is 0 Å². The number of halogens is 1. The molecule has 0 amide bonds. The monoisotopic (exact) mass is 405 g/mol. The van der Waals surface area contributed by atoms with Crippen LogP contribution in [0.2, 0.25) is 0 Å². The molecule has 1 fully saturated rings. The molecule has 0 aliphatic heterocycles. The molecule has 4 aromatic rings. The fourth-order valence-electron chi connectivity index (χ4n) is 3.97. The molecule has 0 unspecified atom stereocenters. The van der Waals surface area contributed by atoms with Gasteiger partial charge in [-0.2, -0.15) is 10.1 Å². The highest BCUT2D eigenvalue weighted by atomic mass is 19.1. The molecule has 0 saturated heterocycles. The fourth-order valence-corrected chi connectivity index (χ4v) is 3.97. The van der Waals surface area contributed by atoms with Gasteiger partial charge in [0.1, 0.15) is 5.82 Å². The maximum Gasteiger partial charge on any atom is 0.319 e. The van der Waals surface area contributed by atoms with E-state index >= 15 is 0 Å². The van der Waals surface area contributed by atoms with Gasteiger partial charge in [0.05, 0.1) is 25.5 Å². The maximum atomic E-state index is 14.7. The Kier molecular flexibility index (Phi) is 4.34. The van der Waals surface area contributed by atoms with Crippen molar-refractivity contribution in [3.8, 4) is 23.1 Å². The standard InChI is InChI=1S/C22H20FN5O2/c1-12-5-4-6-13(19(12)23)14-9-15(14)16-10-18(27-28-8-7-24-20(16)28)17-11-25-22(30-3)26-21(17)29-2/h4-8,10-11,14-15H,9H2,1-3H3/t14-,15+/m1/s1. The molecule has 0 bridgehead atoms. The average Bonchev–Trinajstić information content (AvgIpc) is 3.41. The summed E-state index contributed by atoms with van der Waals surface area (Å²) < 4.78 is 26.9. The van der Waals surface area contributed by atoms with E-state index in [0.717, 1.165) is 23.2 Å². The van der Waals surface area contributed by atoms with Gasteiger partial charge < -0.3 is 9.47 Å². The Morgan fingerprint density at radius 1 is 1.10 bits per heavy atom. The lowest BCUT2D eigenvalue weighted by atomic mass is 10.0. The van der Waals surface area contributed by atoms with Crippen molar-refractivity contribution in [1.29, 1.82) is 0 Å². The highest BCUT2D eigenvalue weighted by Gasteiger charge is 2.43. The average molecular weight is 405 g/mol. The largest absolute Gasteiger partial charge is 0.480 e.